The second kappa shape index (κ2) is 11.7. The van der Waals surface area contributed by atoms with E-state index in [4.69, 9.17) is 9.73 Å². The topological polar surface area (TPSA) is 74.8 Å². The van der Waals surface area contributed by atoms with Crippen LogP contribution < -0.4 is 16.0 Å². The van der Waals surface area contributed by atoms with Crippen molar-refractivity contribution in [3.63, 3.8) is 0 Å². The molecule has 1 aromatic rings. The lowest BCUT2D eigenvalue weighted by Gasteiger charge is -2.27. The molecule has 0 unspecified atom stereocenters. The molecule has 0 bridgehead atoms. The fraction of sp³-hybridized carbons (Fsp3) is 0.636. The summed E-state index contributed by atoms with van der Waals surface area (Å²) in [6, 6.07) is 7.76. The Hall–Kier alpha value is -2.08. The number of aliphatic imine (C=N–C) groups is 1. The lowest BCUT2D eigenvalue weighted by molar-refractivity contribution is 0.0963. The average molecular weight is 389 g/mol. The zero-order valence-electron chi connectivity index (χ0n) is 17.6. The molecule has 0 radical (unpaired) electrons. The van der Waals surface area contributed by atoms with Gasteiger partial charge in [-0.25, -0.2) is 0 Å². The van der Waals surface area contributed by atoms with Gasteiger partial charge in [0.25, 0.3) is 5.91 Å². The first-order valence-corrected chi connectivity index (χ1v) is 10.4. The summed E-state index contributed by atoms with van der Waals surface area (Å²) in [5.41, 5.74) is 2.12. The molecule has 0 atom stereocenters. The maximum atomic E-state index is 11.8. The number of benzene rings is 1. The van der Waals surface area contributed by atoms with Crippen LogP contribution in [0.5, 0.6) is 0 Å². The Morgan fingerprint density at radius 1 is 1.25 bits per heavy atom. The number of nitrogens with zero attached hydrogens (tertiary/aromatic N) is 1. The van der Waals surface area contributed by atoms with Crippen molar-refractivity contribution < 1.29 is 9.53 Å². The molecule has 1 fully saturated rings. The van der Waals surface area contributed by atoms with Crippen molar-refractivity contribution >= 4 is 11.9 Å². The molecular weight excluding hydrogens is 352 g/mol. The predicted octanol–water partition coefficient (Wildman–Crippen LogP) is 2.74. The van der Waals surface area contributed by atoms with E-state index in [1.165, 1.54) is 25.7 Å². The van der Waals surface area contributed by atoms with Crippen LogP contribution in [0.2, 0.25) is 0 Å². The summed E-state index contributed by atoms with van der Waals surface area (Å²) in [4.78, 5) is 16.7. The van der Waals surface area contributed by atoms with Gasteiger partial charge in [0.05, 0.1) is 0 Å². The molecule has 1 amide bonds. The van der Waals surface area contributed by atoms with E-state index in [0.29, 0.717) is 11.0 Å². The summed E-state index contributed by atoms with van der Waals surface area (Å²) in [5, 5.41) is 9.45. The molecule has 1 aliphatic rings. The van der Waals surface area contributed by atoms with E-state index in [0.717, 1.165) is 50.6 Å². The highest BCUT2D eigenvalue weighted by atomic mass is 16.5. The molecule has 6 heteroatoms. The quantitative estimate of drug-likeness (QED) is 0.426. The molecule has 0 spiro atoms. The van der Waals surface area contributed by atoms with Crippen LogP contribution in [0.25, 0.3) is 0 Å². The van der Waals surface area contributed by atoms with Gasteiger partial charge in [0.2, 0.25) is 0 Å². The number of ether oxygens (including phenoxy) is 1. The highest BCUT2D eigenvalue weighted by Gasteiger charge is 2.33. The number of carbonyl (C=O) groups excluding carboxylic acids is 1. The molecule has 3 N–H and O–H groups in total. The summed E-state index contributed by atoms with van der Waals surface area (Å²) in [6.07, 6.45) is 7.00. The van der Waals surface area contributed by atoms with E-state index in [2.05, 4.69) is 28.9 Å². The van der Waals surface area contributed by atoms with Crippen LogP contribution in [0.1, 0.15) is 54.9 Å². The minimum Gasteiger partial charge on any atom is -0.385 e. The van der Waals surface area contributed by atoms with Crippen molar-refractivity contribution in [1.29, 1.82) is 0 Å². The lowest BCUT2D eigenvalue weighted by atomic mass is 9.83. The smallest absolute Gasteiger partial charge is 0.251 e. The standard InChI is InChI=1S/C22H36N4O2/c1-4-24-21(26-17-22(13-15-28-3)11-5-6-12-22)25-14-10-18-8-7-9-19(16-18)20(27)23-2/h7-9,16H,4-6,10-15,17H2,1-3H3,(H,23,27)(H2,24,25,26). The molecule has 1 saturated carbocycles. The van der Waals surface area contributed by atoms with Gasteiger partial charge in [0, 0.05) is 46.0 Å². The van der Waals surface area contributed by atoms with Gasteiger partial charge in [0.15, 0.2) is 5.96 Å². The van der Waals surface area contributed by atoms with Crippen molar-refractivity contribution in [2.75, 3.05) is 40.4 Å². The highest BCUT2D eigenvalue weighted by Crippen LogP contribution is 2.41. The van der Waals surface area contributed by atoms with E-state index in [1.807, 2.05) is 18.2 Å². The van der Waals surface area contributed by atoms with Crippen LogP contribution in [-0.4, -0.2) is 52.3 Å². The van der Waals surface area contributed by atoms with Gasteiger partial charge in [-0.15, -0.1) is 0 Å². The second-order valence-corrected chi connectivity index (χ2v) is 7.60. The SMILES string of the molecule is CCNC(=NCC1(CCOC)CCCC1)NCCc1cccc(C(=O)NC)c1. The Balaban J connectivity index is 1.91. The Morgan fingerprint density at radius 2 is 2.04 bits per heavy atom. The first-order valence-electron chi connectivity index (χ1n) is 10.4. The van der Waals surface area contributed by atoms with Gasteiger partial charge in [-0.3, -0.25) is 9.79 Å². The normalized spacial score (nSPS) is 16.0. The summed E-state index contributed by atoms with van der Waals surface area (Å²) >= 11 is 0. The highest BCUT2D eigenvalue weighted by molar-refractivity contribution is 5.94. The number of hydrogen-bond donors (Lipinski definition) is 3. The zero-order valence-corrected chi connectivity index (χ0v) is 17.6. The third-order valence-electron chi connectivity index (χ3n) is 5.54. The third kappa shape index (κ3) is 6.82. The van der Waals surface area contributed by atoms with Crippen molar-refractivity contribution in [2.45, 2.75) is 45.4 Å². The average Bonchev–Trinajstić information content (AvgIpc) is 3.19. The maximum absolute atomic E-state index is 11.8. The molecule has 1 aliphatic carbocycles. The van der Waals surface area contributed by atoms with Gasteiger partial charge >= 0.3 is 0 Å². The largest absolute Gasteiger partial charge is 0.385 e. The molecule has 156 valence electrons. The Bertz CT molecular complexity index is 639. The monoisotopic (exact) mass is 388 g/mol. The van der Waals surface area contributed by atoms with Gasteiger partial charge in [-0.1, -0.05) is 25.0 Å². The minimum atomic E-state index is -0.0531. The van der Waals surface area contributed by atoms with Crippen LogP contribution in [0.15, 0.2) is 29.3 Å². The summed E-state index contributed by atoms with van der Waals surface area (Å²) in [5.74, 6) is 0.816. The summed E-state index contributed by atoms with van der Waals surface area (Å²) in [6.45, 7) is 5.34. The molecule has 0 heterocycles. The van der Waals surface area contributed by atoms with Crippen LogP contribution >= 0.6 is 0 Å². The molecule has 1 aromatic carbocycles. The van der Waals surface area contributed by atoms with Crippen LogP contribution in [0, 0.1) is 5.41 Å². The lowest BCUT2D eigenvalue weighted by Crippen LogP contribution is -2.39. The maximum Gasteiger partial charge on any atom is 0.251 e. The van der Waals surface area contributed by atoms with Crippen molar-refractivity contribution in [1.82, 2.24) is 16.0 Å². The molecule has 0 aromatic heterocycles. The van der Waals surface area contributed by atoms with E-state index in [-0.39, 0.29) is 5.91 Å². The number of nitrogens with one attached hydrogen (secondary N) is 3. The molecule has 0 aliphatic heterocycles. The van der Waals surface area contributed by atoms with Crippen LogP contribution in [0.3, 0.4) is 0 Å². The summed E-state index contributed by atoms with van der Waals surface area (Å²) < 4.78 is 5.32. The number of guanidine groups is 1. The number of rotatable bonds is 10. The number of amides is 1. The van der Waals surface area contributed by atoms with Gasteiger partial charge in [-0.2, -0.15) is 0 Å². The van der Waals surface area contributed by atoms with E-state index in [1.54, 1.807) is 14.2 Å². The van der Waals surface area contributed by atoms with Gasteiger partial charge in [-0.05, 0) is 55.7 Å². The third-order valence-corrected chi connectivity index (χ3v) is 5.54. The van der Waals surface area contributed by atoms with Crippen molar-refractivity contribution in [3.8, 4) is 0 Å². The van der Waals surface area contributed by atoms with Gasteiger partial charge in [0.1, 0.15) is 0 Å². The first-order chi connectivity index (χ1) is 13.6. The molecule has 0 saturated heterocycles. The van der Waals surface area contributed by atoms with Crippen LogP contribution in [-0.2, 0) is 11.2 Å². The van der Waals surface area contributed by atoms with E-state index >= 15 is 0 Å². The fourth-order valence-corrected chi connectivity index (χ4v) is 3.86. The Morgan fingerprint density at radius 3 is 2.71 bits per heavy atom. The second-order valence-electron chi connectivity index (χ2n) is 7.60. The molecule has 6 nitrogen and oxygen atoms in total. The Labute approximate surface area is 169 Å². The molecular formula is C22H36N4O2. The number of carbonyl (C=O) groups is 1. The predicted molar refractivity (Wildman–Crippen MR) is 115 cm³/mol. The first kappa shape index (κ1) is 22.2. The minimum absolute atomic E-state index is 0.0531. The van der Waals surface area contributed by atoms with E-state index < -0.39 is 0 Å². The molecule has 28 heavy (non-hydrogen) atoms. The van der Waals surface area contributed by atoms with Crippen molar-refractivity contribution in [3.05, 3.63) is 35.4 Å². The van der Waals surface area contributed by atoms with E-state index in [9.17, 15) is 4.79 Å². The fourth-order valence-electron chi connectivity index (χ4n) is 3.86. The van der Waals surface area contributed by atoms with Crippen LogP contribution in [0.4, 0.5) is 0 Å². The number of hydrogen-bond acceptors (Lipinski definition) is 3. The molecule has 2 rings (SSSR count). The zero-order chi connectivity index (χ0) is 20.2. The van der Waals surface area contributed by atoms with Gasteiger partial charge < -0.3 is 20.7 Å². The summed E-state index contributed by atoms with van der Waals surface area (Å²) in [7, 11) is 3.43. The van der Waals surface area contributed by atoms with Crippen molar-refractivity contribution in [2.24, 2.45) is 10.4 Å². The number of methoxy groups -OCH3 is 1. The Kier molecular flexibility index (Phi) is 9.28.